The van der Waals surface area contributed by atoms with E-state index in [1.54, 1.807) is 6.21 Å². The van der Waals surface area contributed by atoms with E-state index < -0.39 is 0 Å². The van der Waals surface area contributed by atoms with Crippen molar-refractivity contribution < 1.29 is 0 Å². The zero-order valence-electron chi connectivity index (χ0n) is 15.6. The summed E-state index contributed by atoms with van der Waals surface area (Å²) in [6, 6.07) is 30.3. The van der Waals surface area contributed by atoms with Gasteiger partial charge in [0.1, 0.15) is 0 Å². The Morgan fingerprint density at radius 1 is 0.714 bits per heavy atom. The summed E-state index contributed by atoms with van der Waals surface area (Å²) in [4.78, 5) is 9.30. The predicted octanol–water partition coefficient (Wildman–Crippen LogP) is 5.57. The van der Waals surface area contributed by atoms with Gasteiger partial charge in [-0.25, -0.2) is 15.4 Å². The molecule has 4 rings (SSSR count). The number of hydrogen-bond acceptors (Lipinski definition) is 4. The third-order valence-corrected chi connectivity index (χ3v) is 4.32. The van der Waals surface area contributed by atoms with Crippen molar-refractivity contribution in [3.63, 3.8) is 0 Å². The van der Waals surface area contributed by atoms with Crippen molar-refractivity contribution in [2.45, 2.75) is 6.92 Å². The molecular weight excluding hydrogens is 344 g/mol. The number of aryl methyl sites for hydroxylation is 1. The summed E-state index contributed by atoms with van der Waals surface area (Å²) < 4.78 is 0. The molecule has 0 radical (unpaired) electrons. The molecule has 0 unspecified atom stereocenters. The van der Waals surface area contributed by atoms with Crippen molar-refractivity contribution in [3.8, 4) is 22.5 Å². The largest absolute Gasteiger partial charge is 0.245 e. The predicted molar refractivity (Wildman–Crippen MR) is 115 cm³/mol. The van der Waals surface area contributed by atoms with Gasteiger partial charge in [0.15, 0.2) is 0 Å². The van der Waals surface area contributed by atoms with Crippen molar-refractivity contribution in [1.29, 1.82) is 0 Å². The first-order chi connectivity index (χ1) is 13.8. The van der Waals surface area contributed by atoms with Gasteiger partial charge in [-0.1, -0.05) is 90.5 Å². The van der Waals surface area contributed by atoms with E-state index in [0.717, 1.165) is 28.1 Å². The normalized spacial score (nSPS) is 10.9. The number of nitrogens with one attached hydrogen (secondary N) is 1. The average Bonchev–Trinajstić information content (AvgIpc) is 2.75. The summed E-state index contributed by atoms with van der Waals surface area (Å²) >= 11 is 0. The van der Waals surface area contributed by atoms with Crippen LogP contribution in [0.25, 0.3) is 22.5 Å². The maximum Gasteiger partial charge on any atom is 0.244 e. The van der Waals surface area contributed by atoms with Crippen LogP contribution in [0, 0.1) is 6.92 Å². The fourth-order valence-electron chi connectivity index (χ4n) is 2.83. The SMILES string of the molecule is Cc1ccc(-c2cc(-c3ccccc3)nc(N/N=C\c3ccccc3)n2)cc1. The topological polar surface area (TPSA) is 50.2 Å². The van der Waals surface area contributed by atoms with E-state index in [1.807, 2.05) is 66.7 Å². The number of hydrogen-bond donors (Lipinski definition) is 1. The fourth-order valence-corrected chi connectivity index (χ4v) is 2.83. The van der Waals surface area contributed by atoms with Gasteiger partial charge in [0.2, 0.25) is 5.95 Å². The van der Waals surface area contributed by atoms with Crippen LogP contribution in [0.4, 0.5) is 5.95 Å². The molecule has 4 nitrogen and oxygen atoms in total. The van der Waals surface area contributed by atoms with E-state index in [4.69, 9.17) is 0 Å². The minimum absolute atomic E-state index is 0.462. The van der Waals surface area contributed by atoms with Gasteiger partial charge in [-0.05, 0) is 18.6 Å². The number of nitrogens with zero attached hydrogens (tertiary/aromatic N) is 3. The second-order valence-corrected chi connectivity index (χ2v) is 6.47. The molecule has 0 saturated heterocycles. The molecule has 0 atom stereocenters. The Kier molecular flexibility index (Phi) is 5.20. The fraction of sp³-hybridized carbons (Fsp3) is 0.0417. The minimum Gasteiger partial charge on any atom is -0.245 e. The molecule has 4 aromatic rings. The van der Waals surface area contributed by atoms with Gasteiger partial charge >= 0.3 is 0 Å². The van der Waals surface area contributed by atoms with Gasteiger partial charge in [0.25, 0.3) is 0 Å². The highest BCUT2D eigenvalue weighted by atomic mass is 15.3. The van der Waals surface area contributed by atoms with E-state index >= 15 is 0 Å². The lowest BCUT2D eigenvalue weighted by Crippen LogP contribution is -2.00. The lowest BCUT2D eigenvalue weighted by Gasteiger charge is -2.08. The van der Waals surface area contributed by atoms with Gasteiger partial charge in [0.05, 0.1) is 17.6 Å². The molecule has 0 aliphatic carbocycles. The Balaban J connectivity index is 1.69. The standard InChI is InChI=1S/C24H20N4/c1-18-12-14-21(15-13-18)23-16-22(20-10-6-3-7-11-20)26-24(27-23)28-25-17-19-8-4-2-5-9-19/h2-17H,1H3,(H,26,27,28)/b25-17-. The van der Waals surface area contributed by atoms with Gasteiger partial charge in [0, 0.05) is 11.1 Å². The van der Waals surface area contributed by atoms with Gasteiger partial charge in [-0.2, -0.15) is 5.10 Å². The summed E-state index contributed by atoms with van der Waals surface area (Å²) in [6.07, 6.45) is 1.75. The third kappa shape index (κ3) is 4.30. The Hall–Kier alpha value is -3.79. The van der Waals surface area contributed by atoms with Gasteiger partial charge < -0.3 is 0 Å². The summed E-state index contributed by atoms with van der Waals surface area (Å²) in [5.41, 5.74) is 8.98. The molecular formula is C24H20N4. The molecule has 3 aromatic carbocycles. The Bertz CT molecular complexity index is 1070. The summed E-state index contributed by atoms with van der Waals surface area (Å²) in [6.45, 7) is 2.07. The molecule has 0 spiro atoms. The molecule has 1 heterocycles. The molecule has 0 saturated carbocycles. The van der Waals surface area contributed by atoms with Crippen LogP contribution in [0.5, 0.6) is 0 Å². The van der Waals surface area contributed by atoms with Crippen LogP contribution in [0.3, 0.4) is 0 Å². The lowest BCUT2D eigenvalue weighted by atomic mass is 10.1. The first-order valence-corrected chi connectivity index (χ1v) is 9.13. The summed E-state index contributed by atoms with van der Waals surface area (Å²) in [5.74, 6) is 0.462. The smallest absolute Gasteiger partial charge is 0.244 e. The summed E-state index contributed by atoms with van der Waals surface area (Å²) in [7, 11) is 0. The van der Waals surface area contributed by atoms with Crippen molar-refractivity contribution in [2.24, 2.45) is 5.10 Å². The molecule has 0 amide bonds. The molecule has 0 aliphatic rings. The first-order valence-electron chi connectivity index (χ1n) is 9.13. The van der Waals surface area contributed by atoms with Crippen LogP contribution in [0.2, 0.25) is 0 Å². The highest BCUT2D eigenvalue weighted by Crippen LogP contribution is 2.25. The van der Waals surface area contributed by atoms with Crippen LogP contribution < -0.4 is 5.43 Å². The van der Waals surface area contributed by atoms with Crippen molar-refractivity contribution in [2.75, 3.05) is 5.43 Å². The van der Waals surface area contributed by atoms with Crippen molar-refractivity contribution in [1.82, 2.24) is 9.97 Å². The first kappa shape index (κ1) is 17.6. The maximum atomic E-state index is 4.65. The second kappa shape index (κ2) is 8.27. The molecule has 1 N–H and O–H groups in total. The van der Waals surface area contributed by atoms with Crippen molar-refractivity contribution >= 4 is 12.2 Å². The van der Waals surface area contributed by atoms with E-state index in [1.165, 1.54) is 5.56 Å². The van der Waals surface area contributed by atoms with Crippen LogP contribution in [0.1, 0.15) is 11.1 Å². The van der Waals surface area contributed by atoms with Gasteiger partial charge in [-0.3, -0.25) is 0 Å². The van der Waals surface area contributed by atoms with E-state index in [0.29, 0.717) is 5.95 Å². The average molecular weight is 364 g/mol. The highest BCUT2D eigenvalue weighted by molar-refractivity contribution is 5.80. The number of anilines is 1. The number of rotatable bonds is 5. The number of hydrazone groups is 1. The number of aromatic nitrogens is 2. The summed E-state index contributed by atoms with van der Waals surface area (Å²) in [5, 5.41) is 4.30. The van der Waals surface area contributed by atoms with E-state index in [2.05, 4.69) is 51.7 Å². The lowest BCUT2D eigenvalue weighted by molar-refractivity contribution is 1.13. The van der Waals surface area contributed by atoms with Crippen LogP contribution in [0.15, 0.2) is 96.1 Å². The highest BCUT2D eigenvalue weighted by Gasteiger charge is 2.08. The Labute approximate surface area is 164 Å². The minimum atomic E-state index is 0.462. The van der Waals surface area contributed by atoms with Crippen LogP contribution in [-0.2, 0) is 0 Å². The Morgan fingerprint density at radius 3 is 1.93 bits per heavy atom. The van der Waals surface area contributed by atoms with Crippen molar-refractivity contribution in [3.05, 3.63) is 102 Å². The Morgan fingerprint density at radius 2 is 1.29 bits per heavy atom. The zero-order valence-corrected chi connectivity index (χ0v) is 15.6. The van der Waals surface area contributed by atoms with E-state index in [-0.39, 0.29) is 0 Å². The zero-order chi connectivity index (χ0) is 19.2. The van der Waals surface area contributed by atoms with Crippen LogP contribution >= 0.6 is 0 Å². The molecule has 1 aromatic heterocycles. The van der Waals surface area contributed by atoms with Crippen LogP contribution in [-0.4, -0.2) is 16.2 Å². The van der Waals surface area contributed by atoms with Gasteiger partial charge in [-0.15, -0.1) is 0 Å². The second-order valence-electron chi connectivity index (χ2n) is 6.47. The third-order valence-electron chi connectivity index (χ3n) is 4.32. The molecule has 0 bridgehead atoms. The van der Waals surface area contributed by atoms with E-state index in [9.17, 15) is 0 Å². The molecule has 0 aliphatic heterocycles. The quantitative estimate of drug-likeness (QED) is 0.372. The molecule has 4 heteroatoms. The maximum absolute atomic E-state index is 4.65. The molecule has 136 valence electrons. The molecule has 28 heavy (non-hydrogen) atoms. The monoisotopic (exact) mass is 364 g/mol. The number of benzene rings is 3. The molecule has 0 fully saturated rings.